The van der Waals surface area contributed by atoms with Crippen LogP contribution >= 0.6 is 46.4 Å². The van der Waals surface area contributed by atoms with E-state index in [1.807, 2.05) is 6.92 Å². The van der Waals surface area contributed by atoms with E-state index < -0.39 is 5.91 Å². The van der Waals surface area contributed by atoms with Crippen LogP contribution in [0.1, 0.15) is 11.3 Å². The molecule has 0 bridgehead atoms. The molecule has 0 fully saturated rings. The maximum absolute atomic E-state index is 11.8. The van der Waals surface area contributed by atoms with Gasteiger partial charge < -0.3 is 9.15 Å². The topological polar surface area (TPSA) is 63.8 Å². The van der Waals surface area contributed by atoms with E-state index in [9.17, 15) is 4.79 Å². The molecular formula is C20H14Cl4N2O3. The van der Waals surface area contributed by atoms with Gasteiger partial charge in [0, 0.05) is 10.6 Å². The molecule has 1 N–H and O–H groups in total. The van der Waals surface area contributed by atoms with Crippen molar-refractivity contribution in [3.05, 3.63) is 73.9 Å². The van der Waals surface area contributed by atoms with Gasteiger partial charge in [-0.1, -0.05) is 46.4 Å². The number of carbonyl (C=O) groups excluding carboxylic acids is 1. The number of benzene rings is 2. The van der Waals surface area contributed by atoms with Crippen molar-refractivity contribution in [1.82, 2.24) is 5.43 Å². The molecule has 0 aliphatic heterocycles. The van der Waals surface area contributed by atoms with E-state index in [4.69, 9.17) is 55.6 Å². The number of rotatable bonds is 6. The number of nitrogens with zero attached hydrogens (tertiary/aromatic N) is 1. The Labute approximate surface area is 187 Å². The van der Waals surface area contributed by atoms with E-state index in [1.165, 1.54) is 6.21 Å². The first kappa shape index (κ1) is 21.5. The Bertz CT molecular complexity index is 1080. The molecule has 0 unspecified atom stereocenters. The molecule has 150 valence electrons. The van der Waals surface area contributed by atoms with Gasteiger partial charge in [0.2, 0.25) is 0 Å². The largest absolute Gasteiger partial charge is 0.484 e. The van der Waals surface area contributed by atoms with Crippen LogP contribution in [0.25, 0.3) is 11.3 Å². The third-order valence-corrected chi connectivity index (χ3v) is 5.24. The van der Waals surface area contributed by atoms with E-state index in [0.717, 1.165) is 5.56 Å². The Balaban J connectivity index is 1.56. The number of amides is 1. The minimum atomic E-state index is -0.423. The molecular weight excluding hydrogens is 458 g/mol. The summed E-state index contributed by atoms with van der Waals surface area (Å²) in [7, 11) is 0. The summed E-state index contributed by atoms with van der Waals surface area (Å²) in [5.41, 5.74) is 3.81. The smallest absolute Gasteiger partial charge is 0.277 e. The van der Waals surface area contributed by atoms with Crippen LogP contribution in [-0.4, -0.2) is 18.7 Å². The third-order valence-electron chi connectivity index (χ3n) is 3.78. The molecule has 2 aromatic carbocycles. The normalized spacial score (nSPS) is 11.1. The fraction of sp³-hybridized carbons (Fsp3) is 0.100. The van der Waals surface area contributed by atoms with E-state index in [1.54, 1.807) is 42.5 Å². The highest BCUT2D eigenvalue weighted by Crippen LogP contribution is 2.35. The number of aryl methyl sites for hydroxylation is 1. The number of carbonyl (C=O) groups is 1. The summed E-state index contributed by atoms with van der Waals surface area (Å²) in [6.45, 7) is 1.66. The molecule has 0 aliphatic carbocycles. The van der Waals surface area contributed by atoms with Gasteiger partial charge in [-0.3, -0.25) is 4.79 Å². The van der Waals surface area contributed by atoms with Crippen LogP contribution in [0.3, 0.4) is 0 Å². The second-order valence-electron chi connectivity index (χ2n) is 5.94. The Morgan fingerprint density at radius 1 is 1.03 bits per heavy atom. The molecule has 3 rings (SSSR count). The Kier molecular flexibility index (Phi) is 7.09. The summed E-state index contributed by atoms with van der Waals surface area (Å²) in [4.78, 5) is 11.8. The van der Waals surface area contributed by atoms with Crippen molar-refractivity contribution in [2.75, 3.05) is 6.61 Å². The molecule has 1 heterocycles. The molecule has 0 atom stereocenters. The highest BCUT2D eigenvalue weighted by atomic mass is 35.5. The summed E-state index contributed by atoms with van der Waals surface area (Å²) in [5, 5.41) is 5.60. The zero-order valence-corrected chi connectivity index (χ0v) is 18.0. The van der Waals surface area contributed by atoms with Crippen LogP contribution in [0.5, 0.6) is 5.75 Å². The molecule has 0 spiro atoms. The molecule has 3 aromatic rings. The molecule has 29 heavy (non-hydrogen) atoms. The average Bonchev–Trinajstić information content (AvgIpc) is 3.14. The monoisotopic (exact) mass is 470 g/mol. The summed E-state index contributed by atoms with van der Waals surface area (Å²) in [6, 6.07) is 11.7. The van der Waals surface area contributed by atoms with Gasteiger partial charge in [-0.25, -0.2) is 5.43 Å². The number of nitrogens with one attached hydrogen (secondary N) is 1. The summed E-state index contributed by atoms with van der Waals surface area (Å²) in [6.07, 6.45) is 1.36. The van der Waals surface area contributed by atoms with Gasteiger partial charge in [0.05, 0.1) is 21.3 Å². The van der Waals surface area contributed by atoms with Gasteiger partial charge in [0.1, 0.15) is 17.3 Å². The Morgan fingerprint density at radius 2 is 1.79 bits per heavy atom. The van der Waals surface area contributed by atoms with Crippen LogP contribution < -0.4 is 10.2 Å². The highest BCUT2D eigenvalue weighted by molar-refractivity contribution is 6.44. The summed E-state index contributed by atoms with van der Waals surface area (Å²) in [5.74, 6) is 1.02. The van der Waals surface area contributed by atoms with Crippen molar-refractivity contribution >= 4 is 58.5 Å². The first-order valence-corrected chi connectivity index (χ1v) is 9.80. The molecule has 0 aliphatic rings. The number of furan rings is 1. The Hall–Kier alpha value is -2.18. The second kappa shape index (κ2) is 9.55. The lowest BCUT2D eigenvalue weighted by molar-refractivity contribution is -0.123. The van der Waals surface area contributed by atoms with Gasteiger partial charge in [-0.15, -0.1) is 0 Å². The average molecular weight is 472 g/mol. The standard InChI is InChI=1S/C20H14Cl4N2O3/c1-11-6-12(2-4-15(11)21)28-10-20(27)26-25-9-13-3-5-19(29-13)14-7-17(23)18(24)8-16(14)22/h2-9H,10H2,1H3,(H,26,27). The molecule has 9 heteroatoms. The molecule has 5 nitrogen and oxygen atoms in total. The van der Waals surface area contributed by atoms with Crippen LogP contribution in [0.15, 0.2) is 52.0 Å². The van der Waals surface area contributed by atoms with Crippen molar-refractivity contribution in [3.63, 3.8) is 0 Å². The zero-order chi connectivity index (χ0) is 21.0. The first-order valence-electron chi connectivity index (χ1n) is 8.29. The number of hydrogen-bond acceptors (Lipinski definition) is 4. The van der Waals surface area contributed by atoms with Crippen molar-refractivity contribution in [3.8, 4) is 17.1 Å². The predicted octanol–water partition coefficient (Wildman–Crippen LogP) is 6.40. The molecule has 1 aromatic heterocycles. The molecule has 1 amide bonds. The van der Waals surface area contributed by atoms with Gasteiger partial charge >= 0.3 is 0 Å². The summed E-state index contributed by atoms with van der Waals surface area (Å²) >= 11 is 24.1. The minimum absolute atomic E-state index is 0.194. The van der Waals surface area contributed by atoms with Crippen molar-refractivity contribution in [2.24, 2.45) is 5.10 Å². The van der Waals surface area contributed by atoms with Crippen molar-refractivity contribution < 1.29 is 13.9 Å². The van der Waals surface area contributed by atoms with E-state index in [2.05, 4.69) is 10.5 Å². The first-order chi connectivity index (χ1) is 13.8. The van der Waals surface area contributed by atoms with Gasteiger partial charge in [0.15, 0.2) is 6.61 Å². The van der Waals surface area contributed by atoms with Crippen LogP contribution in [0.4, 0.5) is 0 Å². The molecule has 0 saturated heterocycles. The summed E-state index contributed by atoms with van der Waals surface area (Å²) < 4.78 is 11.0. The third kappa shape index (κ3) is 5.67. The number of halogens is 4. The van der Waals surface area contributed by atoms with Gasteiger partial charge in [0.25, 0.3) is 5.91 Å². The van der Waals surface area contributed by atoms with Crippen molar-refractivity contribution in [2.45, 2.75) is 6.92 Å². The zero-order valence-electron chi connectivity index (χ0n) is 15.0. The minimum Gasteiger partial charge on any atom is -0.484 e. The van der Waals surface area contributed by atoms with Crippen LogP contribution in [0.2, 0.25) is 20.1 Å². The van der Waals surface area contributed by atoms with Gasteiger partial charge in [-0.2, -0.15) is 5.10 Å². The number of hydrazone groups is 1. The molecule has 0 radical (unpaired) electrons. The molecule has 0 saturated carbocycles. The maximum Gasteiger partial charge on any atom is 0.277 e. The lowest BCUT2D eigenvalue weighted by Crippen LogP contribution is -2.24. The maximum atomic E-state index is 11.8. The highest BCUT2D eigenvalue weighted by Gasteiger charge is 2.11. The quantitative estimate of drug-likeness (QED) is 0.257. The fourth-order valence-corrected chi connectivity index (χ4v) is 3.09. The lowest BCUT2D eigenvalue weighted by atomic mass is 10.2. The van der Waals surface area contributed by atoms with E-state index in [0.29, 0.717) is 42.9 Å². The van der Waals surface area contributed by atoms with Crippen LogP contribution in [0, 0.1) is 6.92 Å². The predicted molar refractivity (Wildman–Crippen MR) is 117 cm³/mol. The SMILES string of the molecule is Cc1cc(OCC(=O)NN=Cc2ccc(-c3cc(Cl)c(Cl)cc3Cl)o2)ccc1Cl. The Morgan fingerprint density at radius 3 is 2.55 bits per heavy atom. The fourth-order valence-electron chi connectivity index (χ4n) is 2.33. The van der Waals surface area contributed by atoms with Gasteiger partial charge in [-0.05, 0) is 55.0 Å². The van der Waals surface area contributed by atoms with E-state index in [-0.39, 0.29) is 6.61 Å². The number of ether oxygens (including phenoxy) is 1. The van der Waals surface area contributed by atoms with Crippen molar-refractivity contribution in [1.29, 1.82) is 0 Å². The lowest BCUT2D eigenvalue weighted by Gasteiger charge is -2.06. The van der Waals surface area contributed by atoms with Crippen LogP contribution in [-0.2, 0) is 4.79 Å². The number of hydrogen-bond donors (Lipinski definition) is 1. The second-order valence-corrected chi connectivity index (χ2v) is 7.57. The van der Waals surface area contributed by atoms with E-state index >= 15 is 0 Å².